The minimum Gasteiger partial charge on any atom is -0.480 e. The lowest BCUT2D eigenvalue weighted by molar-refractivity contribution is -0.140. The number of hydrogen-bond donors (Lipinski definition) is 0. The van der Waals surface area contributed by atoms with Gasteiger partial charge in [0.15, 0.2) is 11.5 Å². The molecule has 0 bridgehead atoms. The average Bonchev–Trinajstić information content (AvgIpc) is 3.78. The van der Waals surface area contributed by atoms with Crippen LogP contribution in [0.3, 0.4) is 0 Å². The maximum atomic E-state index is 15.0. The largest absolute Gasteiger partial charge is 0.480 e. The van der Waals surface area contributed by atoms with Crippen molar-refractivity contribution in [3.8, 4) is 28.7 Å². The van der Waals surface area contributed by atoms with Gasteiger partial charge in [-0.15, -0.1) is 0 Å². The summed E-state index contributed by atoms with van der Waals surface area (Å²) in [6.07, 6.45) is 1.30. The van der Waals surface area contributed by atoms with Crippen molar-refractivity contribution in [2.75, 3.05) is 12.0 Å². The summed E-state index contributed by atoms with van der Waals surface area (Å²) >= 11 is 3.42. The van der Waals surface area contributed by atoms with Gasteiger partial charge in [-0.3, -0.25) is 0 Å². The van der Waals surface area contributed by atoms with Gasteiger partial charge in [0, 0.05) is 46.8 Å². The van der Waals surface area contributed by atoms with E-state index in [9.17, 15) is 17.6 Å². The van der Waals surface area contributed by atoms with Crippen LogP contribution in [-0.2, 0) is 19.3 Å². The Labute approximate surface area is 270 Å². The first-order valence-electron chi connectivity index (χ1n) is 14.5. The van der Waals surface area contributed by atoms with Gasteiger partial charge >= 0.3 is 6.18 Å². The molecule has 1 aliphatic rings. The molecule has 2 aromatic carbocycles. The molecule has 6 rings (SSSR count). The van der Waals surface area contributed by atoms with Crippen molar-refractivity contribution in [3.05, 3.63) is 94.1 Å². The highest BCUT2D eigenvalue weighted by Gasteiger charge is 2.35. The molecule has 3 aromatic heterocycles. The van der Waals surface area contributed by atoms with E-state index in [2.05, 4.69) is 40.8 Å². The van der Waals surface area contributed by atoms with Crippen molar-refractivity contribution >= 4 is 21.9 Å². The fraction of sp³-hybridized carbons (Fsp3) is 0.312. The van der Waals surface area contributed by atoms with Crippen molar-refractivity contribution in [2.24, 2.45) is 0 Å². The van der Waals surface area contributed by atoms with Crippen LogP contribution in [0.15, 0.2) is 65.8 Å². The van der Waals surface area contributed by atoms with Crippen LogP contribution in [0.4, 0.5) is 23.5 Å². The van der Waals surface area contributed by atoms with Gasteiger partial charge in [-0.2, -0.15) is 18.2 Å². The summed E-state index contributed by atoms with van der Waals surface area (Å²) in [7, 11) is 1.52. The monoisotopic (exact) mass is 696 g/mol. The first kappa shape index (κ1) is 31.5. The number of aromatic nitrogens is 7. The third kappa shape index (κ3) is 6.71. The van der Waals surface area contributed by atoms with Gasteiger partial charge in [-0.1, -0.05) is 40.2 Å². The molecule has 0 atom stereocenters. The Kier molecular flexibility index (Phi) is 8.73. The van der Waals surface area contributed by atoms with E-state index in [1.54, 1.807) is 55.1 Å². The summed E-state index contributed by atoms with van der Waals surface area (Å²) in [4.78, 5) is 28.1. The number of halogens is 5. The second kappa shape index (κ2) is 12.7. The topological polar surface area (TPSA) is 94.7 Å². The zero-order chi connectivity index (χ0) is 32.6. The van der Waals surface area contributed by atoms with Crippen molar-refractivity contribution < 1.29 is 22.3 Å². The zero-order valence-corrected chi connectivity index (χ0v) is 26.7. The van der Waals surface area contributed by atoms with Crippen LogP contribution in [0.5, 0.6) is 5.88 Å². The molecule has 238 valence electrons. The molecule has 5 aromatic rings. The number of benzene rings is 2. The molecule has 1 saturated carbocycles. The Morgan fingerprint density at radius 2 is 1.72 bits per heavy atom. The van der Waals surface area contributed by atoms with Crippen molar-refractivity contribution in [1.82, 2.24) is 34.5 Å². The molecule has 46 heavy (non-hydrogen) atoms. The summed E-state index contributed by atoms with van der Waals surface area (Å²) in [6, 6.07) is 11.5. The van der Waals surface area contributed by atoms with E-state index in [4.69, 9.17) is 9.72 Å². The van der Waals surface area contributed by atoms with Crippen LogP contribution >= 0.6 is 15.9 Å². The van der Waals surface area contributed by atoms with Crippen LogP contribution in [0.25, 0.3) is 22.8 Å². The van der Waals surface area contributed by atoms with Crippen molar-refractivity contribution in [3.63, 3.8) is 0 Å². The summed E-state index contributed by atoms with van der Waals surface area (Å²) in [5.74, 6) is 1.05. The Bertz CT molecular complexity index is 1860. The Morgan fingerprint density at radius 1 is 0.978 bits per heavy atom. The number of hydrogen-bond acceptors (Lipinski definition) is 8. The molecule has 0 N–H and O–H groups in total. The number of nitrogens with zero attached hydrogens (tertiary/aromatic N) is 8. The van der Waals surface area contributed by atoms with E-state index in [-0.39, 0.29) is 36.8 Å². The lowest BCUT2D eigenvalue weighted by Crippen LogP contribution is -2.25. The molecule has 0 aliphatic heterocycles. The lowest BCUT2D eigenvalue weighted by Gasteiger charge is -2.24. The van der Waals surface area contributed by atoms with Gasteiger partial charge < -0.3 is 14.2 Å². The van der Waals surface area contributed by atoms with Gasteiger partial charge in [-0.25, -0.2) is 29.3 Å². The molecule has 14 heteroatoms. The SMILES string of the molecule is COc1ncnc(C2CC2)c1-c1ncnc(N(Cc2ccc(-c3nc(C(F)(F)F)cn3C(C)C)cc2)Cc2cc(Br)ccc2F)n1. The van der Waals surface area contributed by atoms with E-state index >= 15 is 0 Å². The molecule has 1 fully saturated rings. The predicted octanol–water partition coefficient (Wildman–Crippen LogP) is 7.79. The fourth-order valence-electron chi connectivity index (χ4n) is 5.16. The highest BCUT2D eigenvalue weighted by molar-refractivity contribution is 9.10. The van der Waals surface area contributed by atoms with Crippen LogP contribution in [0, 0.1) is 5.82 Å². The summed E-state index contributed by atoms with van der Waals surface area (Å²) in [6.45, 7) is 3.96. The maximum absolute atomic E-state index is 15.0. The quantitative estimate of drug-likeness (QED) is 0.137. The van der Waals surface area contributed by atoms with Crippen LogP contribution in [-0.4, -0.2) is 41.6 Å². The van der Waals surface area contributed by atoms with Crippen LogP contribution in [0.1, 0.15) is 61.2 Å². The molecule has 0 unspecified atom stereocenters. The van der Waals surface area contributed by atoms with E-state index in [1.807, 2.05) is 0 Å². The first-order chi connectivity index (χ1) is 22.0. The molecule has 1 aliphatic carbocycles. The Balaban J connectivity index is 1.36. The normalized spacial score (nSPS) is 13.3. The minimum atomic E-state index is -4.56. The standard InChI is InChI=1S/C32H29BrF4N8O/c1-18(2)45-15-25(32(35,36)37)42-29(45)21-6-4-19(5-7-21)13-44(14-22-12-23(33)10-11-24(22)34)31-41-17-39-28(43-31)26-27(20-8-9-20)38-16-40-30(26)46-3/h4-7,10-12,15-18,20H,8-9,13-14H2,1-3H3. The third-order valence-electron chi connectivity index (χ3n) is 7.60. The number of rotatable bonds is 10. The Morgan fingerprint density at radius 3 is 2.39 bits per heavy atom. The van der Waals surface area contributed by atoms with Gasteiger partial charge in [0.1, 0.15) is 29.9 Å². The van der Waals surface area contributed by atoms with Crippen LogP contribution < -0.4 is 9.64 Å². The Hall–Kier alpha value is -4.46. The summed E-state index contributed by atoms with van der Waals surface area (Å²) in [5.41, 5.74) is 2.18. The number of methoxy groups -OCH3 is 1. The number of ether oxygens (including phenoxy) is 1. The molecule has 0 radical (unpaired) electrons. The van der Waals surface area contributed by atoms with Crippen molar-refractivity contribution in [2.45, 2.75) is 57.9 Å². The highest BCUT2D eigenvalue weighted by atomic mass is 79.9. The number of imidazole rings is 1. The molecule has 0 spiro atoms. The molecular formula is C32H29BrF4N8O. The summed E-state index contributed by atoms with van der Waals surface area (Å²) < 4.78 is 63.1. The maximum Gasteiger partial charge on any atom is 0.434 e. The second-order valence-corrected chi connectivity index (χ2v) is 12.2. The van der Waals surface area contributed by atoms with Gasteiger partial charge in [-0.05, 0) is 50.5 Å². The summed E-state index contributed by atoms with van der Waals surface area (Å²) in [5, 5.41) is 0. The van der Waals surface area contributed by atoms with E-state index < -0.39 is 17.7 Å². The van der Waals surface area contributed by atoms with E-state index in [0.717, 1.165) is 30.3 Å². The van der Waals surface area contributed by atoms with Gasteiger partial charge in [0.25, 0.3) is 0 Å². The highest BCUT2D eigenvalue weighted by Crippen LogP contribution is 2.45. The van der Waals surface area contributed by atoms with Crippen molar-refractivity contribution in [1.29, 1.82) is 0 Å². The van der Waals surface area contributed by atoms with E-state index in [1.165, 1.54) is 30.4 Å². The number of anilines is 1. The predicted molar refractivity (Wildman–Crippen MR) is 166 cm³/mol. The molecule has 0 saturated heterocycles. The average molecular weight is 698 g/mol. The van der Waals surface area contributed by atoms with E-state index in [0.29, 0.717) is 32.9 Å². The first-order valence-corrected chi connectivity index (χ1v) is 15.3. The lowest BCUT2D eigenvalue weighted by atomic mass is 10.1. The zero-order valence-electron chi connectivity index (χ0n) is 25.1. The number of alkyl halides is 3. The second-order valence-electron chi connectivity index (χ2n) is 11.3. The molecule has 3 heterocycles. The van der Waals surface area contributed by atoms with Crippen LogP contribution in [0.2, 0.25) is 0 Å². The third-order valence-corrected chi connectivity index (χ3v) is 8.09. The van der Waals surface area contributed by atoms with Gasteiger partial charge in [0.2, 0.25) is 11.8 Å². The minimum absolute atomic E-state index is 0.112. The molecule has 9 nitrogen and oxygen atoms in total. The molecule has 0 amide bonds. The fourth-order valence-corrected chi connectivity index (χ4v) is 5.57. The van der Waals surface area contributed by atoms with Gasteiger partial charge in [0.05, 0.1) is 12.8 Å². The smallest absolute Gasteiger partial charge is 0.434 e. The molecular weight excluding hydrogens is 668 g/mol.